The third-order valence-corrected chi connectivity index (χ3v) is 48.3. The van der Waals surface area contributed by atoms with Gasteiger partial charge in [-0.3, -0.25) is 9.59 Å². The molecule has 22 aliphatic rings. The molecule has 0 aromatic carbocycles. The molecule has 0 radical (unpaired) electrons. The molecule has 0 amide bonds. The minimum atomic E-state index is -0.608. The van der Waals surface area contributed by atoms with Crippen LogP contribution in [-0.2, 0) is 9.59 Å². The van der Waals surface area contributed by atoms with Crippen molar-refractivity contribution in [2.45, 2.75) is 481 Å². The van der Waals surface area contributed by atoms with E-state index in [1.807, 2.05) is 6.92 Å². The van der Waals surface area contributed by atoms with E-state index in [9.17, 15) is 19.8 Å². The number of carbonyl (C=O) groups is 2. The number of hydrogen-bond donors (Lipinski definition) is 2. The second-order valence-corrected chi connectivity index (χ2v) is 52.0. The Bertz CT molecular complexity index is 3290. The Morgan fingerprint density at radius 2 is 0.737 bits per heavy atom. The topological polar surface area (TPSA) is 74.6 Å². The number of carboxylic acids is 2. The van der Waals surface area contributed by atoms with E-state index in [0.29, 0.717) is 40.4 Å². The summed E-state index contributed by atoms with van der Waals surface area (Å²) in [4.78, 5) is 22.7. The molecule has 0 spiro atoms. The van der Waals surface area contributed by atoms with Crippen LogP contribution in [0.3, 0.4) is 0 Å². The predicted octanol–water partition coefficient (Wildman–Crippen LogP) is 33.2. The van der Waals surface area contributed by atoms with Gasteiger partial charge >= 0.3 is 11.9 Å². The van der Waals surface area contributed by atoms with E-state index >= 15 is 0 Å². The van der Waals surface area contributed by atoms with Gasteiger partial charge in [0.1, 0.15) is 0 Å². The zero-order chi connectivity index (χ0) is 82.3. The Morgan fingerprint density at radius 1 is 0.305 bits per heavy atom. The third kappa shape index (κ3) is 16.5. The van der Waals surface area contributed by atoms with Crippen LogP contribution in [0.25, 0.3) is 0 Å². The van der Waals surface area contributed by atoms with Gasteiger partial charge in [0.25, 0.3) is 0 Å². The van der Waals surface area contributed by atoms with Crippen LogP contribution in [-0.4, -0.2) is 22.2 Å². The molecule has 38 atom stereocenters. The van der Waals surface area contributed by atoms with E-state index in [4.69, 9.17) is 0 Å². The Kier molecular flexibility index (Phi) is 27.5. The van der Waals surface area contributed by atoms with E-state index in [-0.39, 0.29) is 5.92 Å². The molecule has 0 aromatic heterocycles. The molecule has 672 valence electrons. The molecule has 2 N–H and O–H groups in total. The van der Waals surface area contributed by atoms with E-state index < -0.39 is 11.9 Å². The second kappa shape index (κ2) is 36.5. The standard InChI is InChI=1S/C23H38O2.C20H32O2.C20H34.2C18H30.C15H28/c1-15(14-21(24)25)18-9-10-19-17-8-7-16-6-4-5-12-22(16,2)20(17)11-13-23(18,19)3;1-12(20(21)22)14-8-9-19-16(14)10-11-17-15-5-3-2-4-13(15)6-7-18(17)19;1-3-20-13-6-8-18(20)16-10-9-15-7-4-5-12-19(15,2)17(16)11-14-20;1-17-10-4-6-15(17)14-8-7-13-5-3-11-18(13,2)16(14)9-12-17;1-18-12-3-2-6-14(18)9-10-16-15-7-4-5-13(15)8-11-17(16)18;1-4-15(3)10-6-9-14(15)13-8-5-7-12(2)11-13/h15-20H,4-14H2,1-3H3,(H,24,25);12-19H,2-11H2,1H3,(H,21,22);15-18H,3-14H2,1-2H3;13-16H,3-12H2,1-2H3;13-17H,2-12H2,1H3;12-14H,4-11H2,1-3H3/t15-,16+,17?,18-,19?,20?,22+,23-;12-,13-,14-,15+,16-,17-,18-,19-;15-,16-,17+,18+,19+,20+;13-,14?,15?,16?,17+,18+;13-,14+,15+,16-,17-,18-;12-,13-,14+,15-/m111101/s1. The first-order valence-corrected chi connectivity index (χ1v) is 55.2. The summed E-state index contributed by atoms with van der Waals surface area (Å²) in [6.07, 6.45) is 92.3. The number of carboxylic acid groups (broad SMARTS) is 2. The smallest absolute Gasteiger partial charge is 0.306 e. The number of fused-ring (bicyclic) bond motifs is 25. The lowest BCUT2D eigenvalue weighted by Crippen LogP contribution is -2.53. The molecule has 22 aliphatic carbocycles. The van der Waals surface area contributed by atoms with E-state index in [0.717, 1.165) is 181 Å². The average Bonchev–Trinajstić information content (AvgIpc) is 1.46. The Morgan fingerprint density at radius 3 is 1.37 bits per heavy atom. The fourth-order valence-corrected chi connectivity index (χ4v) is 42.1. The molecule has 0 bridgehead atoms. The lowest BCUT2D eigenvalue weighted by atomic mass is 9.44. The van der Waals surface area contributed by atoms with Crippen molar-refractivity contribution in [2.75, 3.05) is 0 Å². The second-order valence-electron chi connectivity index (χ2n) is 52.0. The van der Waals surface area contributed by atoms with Crippen LogP contribution in [0.4, 0.5) is 0 Å². The van der Waals surface area contributed by atoms with Gasteiger partial charge < -0.3 is 10.2 Å². The minimum Gasteiger partial charge on any atom is -0.481 e. The molecule has 4 heteroatoms. The van der Waals surface area contributed by atoms with Gasteiger partial charge in [-0.2, -0.15) is 0 Å². The normalized spacial score (nSPS) is 52.5. The molecule has 22 saturated carbocycles. The molecule has 4 nitrogen and oxygen atoms in total. The van der Waals surface area contributed by atoms with Crippen molar-refractivity contribution in [1.82, 2.24) is 0 Å². The van der Waals surface area contributed by atoms with Crippen molar-refractivity contribution < 1.29 is 19.8 Å². The Labute approximate surface area is 729 Å². The lowest BCUT2D eigenvalue weighted by molar-refractivity contribution is -0.144. The van der Waals surface area contributed by atoms with Crippen LogP contribution in [0, 0.1) is 221 Å². The maximum Gasteiger partial charge on any atom is 0.306 e. The largest absolute Gasteiger partial charge is 0.481 e. The summed E-state index contributed by atoms with van der Waals surface area (Å²) in [6.45, 7) is 30.0. The van der Waals surface area contributed by atoms with Crippen molar-refractivity contribution in [3.63, 3.8) is 0 Å². The van der Waals surface area contributed by atoms with Crippen LogP contribution in [0.1, 0.15) is 481 Å². The highest BCUT2D eigenvalue weighted by Crippen LogP contribution is 2.73. The molecular weight excluding hydrogens is 1430 g/mol. The van der Waals surface area contributed by atoms with Crippen LogP contribution in [0.5, 0.6) is 0 Å². The van der Waals surface area contributed by atoms with Gasteiger partial charge in [0, 0.05) is 6.42 Å². The molecule has 0 saturated heterocycles. The fraction of sp³-hybridized carbons (Fsp3) is 0.982. The number of rotatable bonds is 8. The van der Waals surface area contributed by atoms with Gasteiger partial charge in [-0.25, -0.2) is 0 Å². The molecule has 0 aromatic rings. The first kappa shape index (κ1) is 88.9. The quantitative estimate of drug-likeness (QED) is 0.254. The summed E-state index contributed by atoms with van der Waals surface area (Å²) in [5, 5.41) is 18.7. The van der Waals surface area contributed by atoms with Gasteiger partial charge in [0.05, 0.1) is 5.92 Å². The predicted molar refractivity (Wildman–Crippen MR) is 494 cm³/mol. The first-order chi connectivity index (χ1) is 56.8. The van der Waals surface area contributed by atoms with Gasteiger partial charge in [-0.1, -0.05) is 212 Å². The molecule has 6 unspecified atom stereocenters. The van der Waals surface area contributed by atoms with Crippen molar-refractivity contribution in [3.05, 3.63) is 0 Å². The van der Waals surface area contributed by atoms with Crippen molar-refractivity contribution in [3.8, 4) is 0 Å². The van der Waals surface area contributed by atoms with E-state index in [1.54, 1.807) is 167 Å². The first-order valence-electron chi connectivity index (χ1n) is 55.2. The zero-order valence-electron chi connectivity index (χ0n) is 79.9. The summed E-state index contributed by atoms with van der Waals surface area (Å²) >= 11 is 0. The van der Waals surface area contributed by atoms with Gasteiger partial charge in [0.2, 0.25) is 0 Å². The molecule has 0 aliphatic heterocycles. The van der Waals surface area contributed by atoms with Crippen molar-refractivity contribution in [1.29, 1.82) is 0 Å². The highest BCUT2D eigenvalue weighted by molar-refractivity contribution is 5.70. The molecule has 22 rings (SSSR count). The molecular formula is C114H192O4. The monoisotopic (exact) mass is 1630 g/mol. The average molecular weight is 1630 g/mol. The number of hydrogen-bond acceptors (Lipinski definition) is 2. The van der Waals surface area contributed by atoms with Crippen molar-refractivity contribution in [2.24, 2.45) is 221 Å². The lowest BCUT2D eigenvalue weighted by Gasteiger charge is -2.60. The molecule has 22 fully saturated rings. The maximum absolute atomic E-state index is 11.4. The molecule has 118 heavy (non-hydrogen) atoms. The highest BCUT2D eigenvalue weighted by Gasteiger charge is 2.64. The summed E-state index contributed by atoms with van der Waals surface area (Å²) in [7, 11) is 0. The maximum atomic E-state index is 11.4. The van der Waals surface area contributed by atoms with Crippen LogP contribution in [0.2, 0.25) is 0 Å². The summed E-state index contributed by atoms with van der Waals surface area (Å²) in [6, 6.07) is 0. The van der Waals surface area contributed by atoms with Crippen molar-refractivity contribution >= 4 is 11.9 Å². The van der Waals surface area contributed by atoms with Gasteiger partial charge in [-0.05, 0) is 478 Å². The summed E-state index contributed by atoms with van der Waals surface area (Å²) in [5.41, 5.74) is 5.52. The molecule has 0 heterocycles. The fourth-order valence-electron chi connectivity index (χ4n) is 42.1. The zero-order valence-corrected chi connectivity index (χ0v) is 79.9. The van der Waals surface area contributed by atoms with Crippen LogP contribution >= 0.6 is 0 Å². The summed E-state index contributed by atoms with van der Waals surface area (Å²) < 4.78 is 0. The van der Waals surface area contributed by atoms with Crippen LogP contribution < -0.4 is 0 Å². The SMILES string of the molecule is CC[C@@]12CCC[C@H]1[C@@H]1CC[C@H]3CCCC[C@]3(C)[C@H]1CC2.CC[C@]1(C)CCC[C@H]1[C@@H]1CCC[C@@H](C)C1.C[C@@H](C(=O)O)[C@H]1CC[C@H]2[C@@H]3CC[C@H]4CCCC[C@@H]4[C@H]3CC[C@@H]21.C[C@@]12CCCC1C1CC[C@H]3CCC[C@]3(C)C1CC2.C[C@H](CC(=O)O)[C@H]1CCC2C3CC[C@@H]4CCCC[C@]4(C)C3CC[C@@]21C.C[C@]12CCCC[C@@H]1CC[C@H]1[C@@H]3CCC[C@H]3CC[C@@H]12. The Hall–Kier alpha value is -1.06. The Balaban J connectivity index is 0.000000102. The van der Waals surface area contributed by atoms with Gasteiger partial charge in [-0.15, -0.1) is 0 Å². The van der Waals surface area contributed by atoms with Crippen LogP contribution in [0.15, 0.2) is 0 Å². The van der Waals surface area contributed by atoms with E-state index in [1.165, 1.54) is 225 Å². The van der Waals surface area contributed by atoms with Gasteiger partial charge in [0.15, 0.2) is 0 Å². The summed E-state index contributed by atoms with van der Waals surface area (Å²) in [5.74, 6) is 27.2. The highest BCUT2D eigenvalue weighted by atomic mass is 16.4. The van der Waals surface area contributed by atoms with E-state index in [2.05, 4.69) is 76.2 Å². The third-order valence-electron chi connectivity index (χ3n) is 48.3. The minimum absolute atomic E-state index is 0.127. The number of aliphatic carboxylic acids is 2.